The summed E-state index contributed by atoms with van der Waals surface area (Å²) in [7, 11) is 0. The topological polar surface area (TPSA) is 52.6 Å². The van der Waals surface area contributed by atoms with Crippen molar-refractivity contribution in [2.24, 2.45) is 0 Å². The minimum Gasteiger partial charge on any atom is -0.460 e. The zero-order valence-electron chi connectivity index (χ0n) is 11.6. The first-order chi connectivity index (χ1) is 9.59. The van der Waals surface area contributed by atoms with Crippen LogP contribution in [0.25, 0.3) is 0 Å². The molecule has 1 atom stereocenters. The summed E-state index contributed by atoms with van der Waals surface area (Å²) in [6.45, 7) is 4.38. The van der Waals surface area contributed by atoms with Crippen LogP contribution < -0.4 is 0 Å². The lowest BCUT2D eigenvalue weighted by Crippen LogP contribution is -2.54. The maximum absolute atomic E-state index is 12.7. The van der Waals surface area contributed by atoms with E-state index in [2.05, 4.69) is 4.74 Å². The maximum Gasteiger partial charge on any atom is 0.448 e. The quantitative estimate of drug-likeness (QED) is 0.563. The average Bonchev–Trinajstić information content (AvgIpc) is 2.52. The zero-order chi connectivity index (χ0) is 17.6. The third-order valence-electron chi connectivity index (χ3n) is 2.33. The van der Waals surface area contributed by atoms with E-state index in [9.17, 15) is 35.9 Å². The van der Waals surface area contributed by atoms with E-state index in [1.54, 1.807) is 0 Å². The van der Waals surface area contributed by atoms with E-state index in [4.69, 9.17) is 4.74 Å². The van der Waals surface area contributed by atoms with Gasteiger partial charge >= 0.3 is 29.2 Å². The second-order valence-corrected chi connectivity index (χ2v) is 6.81. The van der Waals surface area contributed by atoms with Crippen LogP contribution in [0.2, 0.25) is 0 Å². The number of hydrogen-bond acceptors (Lipinski definition) is 5. The Hall–Kier alpha value is -1.13. The minimum absolute atomic E-state index is 0.788. The van der Waals surface area contributed by atoms with E-state index >= 15 is 0 Å². The number of hydrogen-bond donors (Lipinski definition) is 0. The molecule has 0 N–H and O–H groups in total. The summed E-state index contributed by atoms with van der Waals surface area (Å²) < 4.78 is 84.7. The molecule has 0 saturated carbocycles. The molecule has 1 rings (SSSR count). The number of thioether (sulfide) groups is 1. The number of halogens is 6. The molecule has 1 fully saturated rings. The molecule has 0 aromatic rings. The third-order valence-corrected chi connectivity index (χ3v) is 3.86. The van der Waals surface area contributed by atoms with Gasteiger partial charge < -0.3 is 9.47 Å². The molecule has 1 aliphatic heterocycles. The molecule has 0 bridgehead atoms. The highest BCUT2D eigenvalue weighted by atomic mass is 32.2. The van der Waals surface area contributed by atoms with Crippen molar-refractivity contribution in [3.63, 3.8) is 0 Å². The van der Waals surface area contributed by atoms with Crippen LogP contribution in [-0.2, 0) is 19.1 Å². The van der Waals surface area contributed by atoms with Crippen LogP contribution in [0, 0.1) is 0 Å². The van der Waals surface area contributed by atoms with E-state index in [-0.39, 0.29) is 0 Å². The van der Waals surface area contributed by atoms with Crippen molar-refractivity contribution in [1.82, 2.24) is 0 Å². The largest absolute Gasteiger partial charge is 0.460 e. The standard InChI is InChI=1S/C11H12F6O4S/c1-8(2,3)20-6(18)4-5-7(19)21-9(22-5,10(12,13)14)11(15,16)17/h5H,4H2,1-3H3. The second-order valence-electron chi connectivity index (χ2n) is 5.43. The molecule has 0 radical (unpaired) electrons. The Labute approximate surface area is 125 Å². The molecule has 0 amide bonds. The Kier molecular flexibility index (Phi) is 4.73. The molecule has 0 aromatic heterocycles. The Balaban J connectivity index is 2.96. The number of cyclic esters (lactones) is 1. The molecule has 0 aliphatic carbocycles. The van der Waals surface area contributed by atoms with Gasteiger partial charge in [-0.15, -0.1) is 0 Å². The molecule has 1 aliphatic rings. The summed E-state index contributed by atoms with van der Waals surface area (Å²) in [6, 6.07) is 0. The highest BCUT2D eigenvalue weighted by molar-refractivity contribution is 8.02. The Morgan fingerprint density at radius 1 is 1.18 bits per heavy atom. The van der Waals surface area contributed by atoms with E-state index in [0.717, 1.165) is 0 Å². The fourth-order valence-electron chi connectivity index (χ4n) is 1.55. The highest BCUT2D eigenvalue weighted by Crippen LogP contribution is 2.58. The first kappa shape index (κ1) is 18.9. The Morgan fingerprint density at radius 3 is 1.95 bits per heavy atom. The molecule has 0 aromatic carbocycles. The lowest BCUT2D eigenvalue weighted by molar-refractivity contribution is -0.327. The van der Waals surface area contributed by atoms with Crippen LogP contribution in [0.4, 0.5) is 26.3 Å². The van der Waals surface area contributed by atoms with Gasteiger partial charge in [0.25, 0.3) is 0 Å². The van der Waals surface area contributed by atoms with Crippen molar-refractivity contribution in [2.45, 2.75) is 55.3 Å². The summed E-state index contributed by atoms with van der Waals surface area (Å²) in [5.41, 5.74) is -0.991. The number of carbonyl (C=O) groups excluding carboxylic acids is 2. The molecule has 1 saturated heterocycles. The number of alkyl halides is 6. The normalized spacial score (nSPS) is 22.4. The van der Waals surface area contributed by atoms with Crippen LogP contribution in [-0.4, -0.2) is 40.1 Å². The van der Waals surface area contributed by atoms with Crippen LogP contribution >= 0.6 is 11.8 Å². The summed E-state index contributed by atoms with van der Waals surface area (Å²) in [5, 5.41) is -1.95. The van der Waals surface area contributed by atoms with Gasteiger partial charge in [0.15, 0.2) is 0 Å². The van der Waals surface area contributed by atoms with Gasteiger partial charge in [-0.2, -0.15) is 26.3 Å². The molecule has 128 valence electrons. The Morgan fingerprint density at radius 2 is 1.64 bits per heavy atom. The smallest absolute Gasteiger partial charge is 0.448 e. The summed E-state index contributed by atoms with van der Waals surface area (Å²) >= 11 is -0.788. The number of rotatable bonds is 2. The van der Waals surface area contributed by atoms with Gasteiger partial charge in [0.2, 0.25) is 0 Å². The zero-order valence-corrected chi connectivity index (χ0v) is 12.4. The van der Waals surface area contributed by atoms with Crippen LogP contribution in [0.1, 0.15) is 27.2 Å². The monoisotopic (exact) mass is 354 g/mol. The van der Waals surface area contributed by atoms with Crippen molar-refractivity contribution in [3.8, 4) is 0 Å². The van der Waals surface area contributed by atoms with Crippen molar-refractivity contribution >= 4 is 23.7 Å². The lowest BCUT2D eigenvalue weighted by Gasteiger charge is -2.30. The van der Waals surface area contributed by atoms with Crippen molar-refractivity contribution in [2.75, 3.05) is 0 Å². The van der Waals surface area contributed by atoms with Gasteiger partial charge in [0.05, 0.1) is 6.42 Å². The van der Waals surface area contributed by atoms with Gasteiger partial charge in [-0.1, -0.05) is 11.8 Å². The van der Waals surface area contributed by atoms with Gasteiger partial charge in [0.1, 0.15) is 10.9 Å². The van der Waals surface area contributed by atoms with E-state index in [0.29, 0.717) is 0 Å². The molecular formula is C11H12F6O4S. The fourth-order valence-corrected chi connectivity index (χ4v) is 2.71. The van der Waals surface area contributed by atoms with Gasteiger partial charge in [-0.25, -0.2) is 0 Å². The van der Waals surface area contributed by atoms with Crippen LogP contribution in [0.15, 0.2) is 0 Å². The van der Waals surface area contributed by atoms with Gasteiger partial charge in [0, 0.05) is 0 Å². The number of ether oxygens (including phenoxy) is 2. The second kappa shape index (κ2) is 5.50. The minimum atomic E-state index is -5.87. The summed E-state index contributed by atoms with van der Waals surface area (Å²) in [4.78, 5) is 18.1. The predicted octanol–water partition coefficient (Wildman–Crippen LogP) is 3.20. The van der Waals surface area contributed by atoms with E-state index < -0.39 is 58.3 Å². The number of carbonyl (C=O) groups is 2. The van der Waals surface area contributed by atoms with Crippen molar-refractivity contribution in [1.29, 1.82) is 0 Å². The molecule has 11 heteroatoms. The molecule has 1 unspecified atom stereocenters. The van der Waals surface area contributed by atoms with Crippen molar-refractivity contribution < 1.29 is 45.4 Å². The number of esters is 2. The molecule has 0 spiro atoms. The Bertz CT molecular complexity index is 451. The SMILES string of the molecule is CC(C)(C)OC(=O)CC1SC(C(F)(F)F)(C(F)(F)F)OC1=O. The molecule has 22 heavy (non-hydrogen) atoms. The highest BCUT2D eigenvalue weighted by Gasteiger charge is 2.79. The molecule has 1 heterocycles. The van der Waals surface area contributed by atoms with E-state index in [1.807, 2.05) is 0 Å². The van der Waals surface area contributed by atoms with Crippen molar-refractivity contribution in [3.05, 3.63) is 0 Å². The summed E-state index contributed by atoms with van der Waals surface area (Å²) in [5.74, 6) is -2.85. The van der Waals surface area contributed by atoms with Gasteiger partial charge in [-0.3, -0.25) is 9.59 Å². The summed E-state index contributed by atoms with van der Waals surface area (Å²) in [6.07, 6.45) is -12.7. The maximum atomic E-state index is 12.7. The van der Waals surface area contributed by atoms with E-state index in [1.165, 1.54) is 20.8 Å². The fraction of sp³-hybridized carbons (Fsp3) is 0.818. The average molecular weight is 354 g/mol. The van der Waals surface area contributed by atoms with Gasteiger partial charge in [-0.05, 0) is 20.8 Å². The van der Waals surface area contributed by atoms with Crippen LogP contribution in [0.5, 0.6) is 0 Å². The first-order valence-electron chi connectivity index (χ1n) is 5.85. The first-order valence-corrected chi connectivity index (χ1v) is 6.73. The predicted molar refractivity (Wildman–Crippen MR) is 62.8 cm³/mol. The lowest BCUT2D eigenvalue weighted by atomic mass is 10.2. The molecule has 4 nitrogen and oxygen atoms in total. The third kappa shape index (κ3) is 3.79. The van der Waals surface area contributed by atoms with Crippen LogP contribution in [0.3, 0.4) is 0 Å². The molecular weight excluding hydrogens is 342 g/mol.